The lowest BCUT2D eigenvalue weighted by Crippen LogP contribution is -2.44. The number of nitrogens with zero attached hydrogens (tertiary/aromatic N) is 1. The van der Waals surface area contributed by atoms with Crippen LogP contribution >= 0.6 is 0 Å². The Morgan fingerprint density at radius 3 is 2.33 bits per heavy atom. The van der Waals surface area contributed by atoms with Gasteiger partial charge in [-0.15, -0.1) is 0 Å². The maximum Gasteiger partial charge on any atom is 0.377 e. The number of carbonyl (C=O) groups is 2. The molecule has 1 aliphatic heterocycles. The van der Waals surface area contributed by atoms with Gasteiger partial charge in [-0.1, -0.05) is 18.2 Å². The third-order valence-electron chi connectivity index (χ3n) is 4.02. The van der Waals surface area contributed by atoms with Gasteiger partial charge in [0.1, 0.15) is 5.54 Å². The van der Waals surface area contributed by atoms with Crippen molar-refractivity contribution >= 4 is 17.6 Å². The number of hydrogen-bond acceptors (Lipinski definition) is 6. The molecule has 1 unspecified atom stereocenters. The van der Waals surface area contributed by atoms with E-state index in [4.69, 9.17) is 14.3 Å². The lowest BCUT2D eigenvalue weighted by atomic mass is 9.88. The molecule has 1 aliphatic rings. The van der Waals surface area contributed by atoms with Crippen molar-refractivity contribution < 1.29 is 23.9 Å². The van der Waals surface area contributed by atoms with Crippen LogP contribution in [0.4, 0.5) is 5.69 Å². The second-order valence-corrected chi connectivity index (χ2v) is 5.65. The van der Waals surface area contributed by atoms with Crippen LogP contribution in [0.5, 0.6) is 0 Å². The molecule has 0 N–H and O–H groups in total. The summed E-state index contributed by atoms with van der Waals surface area (Å²) >= 11 is 0. The second-order valence-electron chi connectivity index (χ2n) is 5.65. The SMILES string of the molecule is CCOC(=O)CC1(C)C(C)=C(C(=O)OCC)ON1c1ccccc1. The Morgan fingerprint density at radius 2 is 1.75 bits per heavy atom. The topological polar surface area (TPSA) is 65.1 Å². The van der Waals surface area contributed by atoms with Crippen LogP contribution in [-0.4, -0.2) is 30.7 Å². The van der Waals surface area contributed by atoms with E-state index in [1.54, 1.807) is 25.8 Å². The minimum absolute atomic E-state index is 0.0600. The molecule has 1 heterocycles. The minimum Gasteiger partial charge on any atom is -0.466 e. The highest BCUT2D eigenvalue weighted by atomic mass is 16.7. The smallest absolute Gasteiger partial charge is 0.377 e. The van der Waals surface area contributed by atoms with E-state index in [9.17, 15) is 9.59 Å². The summed E-state index contributed by atoms with van der Waals surface area (Å²) in [7, 11) is 0. The van der Waals surface area contributed by atoms with Crippen molar-refractivity contribution in [2.75, 3.05) is 18.3 Å². The molecule has 6 nitrogen and oxygen atoms in total. The molecule has 0 saturated carbocycles. The lowest BCUT2D eigenvalue weighted by molar-refractivity contribution is -0.144. The van der Waals surface area contributed by atoms with Gasteiger partial charge < -0.3 is 14.3 Å². The Labute approximate surface area is 141 Å². The van der Waals surface area contributed by atoms with Crippen molar-refractivity contribution in [3.05, 3.63) is 41.7 Å². The fourth-order valence-electron chi connectivity index (χ4n) is 2.64. The van der Waals surface area contributed by atoms with Gasteiger partial charge in [0.15, 0.2) is 0 Å². The monoisotopic (exact) mass is 333 g/mol. The van der Waals surface area contributed by atoms with Crippen molar-refractivity contribution in [3.63, 3.8) is 0 Å². The molecule has 1 aromatic rings. The minimum atomic E-state index is -0.838. The Kier molecular flexibility index (Phi) is 5.49. The van der Waals surface area contributed by atoms with Gasteiger partial charge in [-0.3, -0.25) is 4.79 Å². The molecular formula is C18H23NO5. The van der Waals surface area contributed by atoms with E-state index in [1.165, 1.54) is 0 Å². The van der Waals surface area contributed by atoms with E-state index < -0.39 is 11.5 Å². The fourth-order valence-corrected chi connectivity index (χ4v) is 2.64. The Morgan fingerprint density at radius 1 is 1.12 bits per heavy atom. The van der Waals surface area contributed by atoms with Gasteiger partial charge >= 0.3 is 11.9 Å². The molecule has 0 bridgehead atoms. The van der Waals surface area contributed by atoms with Gasteiger partial charge in [-0.05, 0) is 39.8 Å². The summed E-state index contributed by atoms with van der Waals surface area (Å²) in [5, 5.41) is 1.57. The van der Waals surface area contributed by atoms with Crippen LogP contribution in [0.15, 0.2) is 41.7 Å². The summed E-state index contributed by atoms with van der Waals surface area (Å²) in [6.45, 7) is 7.66. The molecule has 0 aliphatic carbocycles. The summed E-state index contributed by atoms with van der Waals surface area (Å²) in [5.41, 5.74) is 0.538. The number of hydroxylamine groups is 1. The summed E-state index contributed by atoms with van der Waals surface area (Å²) in [4.78, 5) is 30.1. The Bertz CT molecular complexity index is 640. The molecule has 0 saturated heterocycles. The van der Waals surface area contributed by atoms with Crippen LogP contribution in [0.25, 0.3) is 0 Å². The van der Waals surface area contributed by atoms with Gasteiger partial charge in [0.25, 0.3) is 0 Å². The van der Waals surface area contributed by atoms with Crippen molar-refractivity contribution in [3.8, 4) is 0 Å². The highest BCUT2D eigenvalue weighted by Gasteiger charge is 2.48. The van der Waals surface area contributed by atoms with Crippen LogP contribution in [0.3, 0.4) is 0 Å². The quantitative estimate of drug-likeness (QED) is 0.746. The first-order chi connectivity index (χ1) is 11.4. The molecule has 0 radical (unpaired) electrons. The number of esters is 2. The number of hydrogen-bond donors (Lipinski definition) is 0. The van der Waals surface area contributed by atoms with Gasteiger partial charge in [-0.25, -0.2) is 4.79 Å². The van der Waals surface area contributed by atoms with Gasteiger partial charge in [0, 0.05) is 5.57 Å². The zero-order chi connectivity index (χ0) is 17.7. The van der Waals surface area contributed by atoms with Crippen molar-refractivity contribution in [2.24, 2.45) is 0 Å². The van der Waals surface area contributed by atoms with E-state index >= 15 is 0 Å². The number of benzene rings is 1. The normalized spacial score (nSPS) is 19.9. The predicted octanol–water partition coefficient (Wildman–Crippen LogP) is 2.99. The zero-order valence-electron chi connectivity index (χ0n) is 14.5. The Hall–Kier alpha value is -2.50. The molecular weight excluding hydrogens is 310 g/mol. The van der Waals surface area contributed by atoms with Crippen molar-refractivity contribution in [2.45, 2.75) is 39.7 Å². The maximum atomic E-state index is 12.2. The average molecular weight is 333 g/mol. The molecule has 1 aromatic carbocycles. The second kappa shape index (κ2) is 7.38. The number of rotatable bonds is 6. The molecule has 0 amide bonds. The van der Waals surface area contributed by atoms with E-state index in [0.717, 1.165) is 5.69 Å². The number of para-hydroxylation sites is 1. The summed E-state index contributed by atoms with van der Waals surface area (Å²) in [5.74, 6) is -0.773. The largest absolute Gasteiger partial charge is 0.466 e. The van der Waals surface area contributed by atoms with Gasteiger partial charge in [0.2, 0.25) is 5.76 Å². The van der Waals surface area contributed by atoms with Crippen LogP contribution in [0, 0.1) is 0 Å². The summed E-state index contributed by atoms with van der Waals surface area (Å²) in [6, 6.07) is 9.31. The van der Waals surface area contributed by atoms with Crippen molar-refractivity contribution in [1.29, 1.82) is 0 Å². The highest BCUT2D eigenvalue weighted by Crippen LogP contribution is 2.41. The Balaban J connectivity index is 2.40. The third kappa shape index (κ3) is 3.37. The molecule has 130 valence electrons. The molecule has 1 atom stereocenters. The third-order valence-corrected chi connectivity index (χ3v) is 4.02. The first-order valence-electron chi connectivity index (χ1n) is 8.01. The van der Waals surface area contributed by atoms with E-state index in [-0.39, 0.29) is 24.8 Å². The molecule has 0 spiro atoms. The molecule has 6 heteroatoms. The molecule has 0 aromatic heterocycles. The van der Waals surface area contributed by atoms with Crippen LogP contribution < -0.4 is 5.06 Å². The van der Waals surface area contributed by atoms with Crippen LogP contribution in [-0.2, 0) is 23.9 Å². The first-order valence-corrected chi connectivity index (χ1v) is 8.01. The predicted molar refractivity (Wildman–Crippen MR) is 89.0 cm³/mol. The number of anilines is 1. The molecule has 24 heavy (non-hydrogen) atoms. The van der Waals surface area contributed by atoms with Gasteiger partial charge in [-0.2, -0.15) is 5.06 Å². The zero-order valence-corrected chi connectivity index (χ0v) is 14.5. The molecule has 0 fully saturated rings. The summed E-state index contributed by atoms with van der Waals surface area (Å²) < 4.78 is 10.1. The maximum absolute atomic E-state index is 12.2. The van der Waals surface area contributed by atoms with Crippen LogP contribution in [0.1, 0.15) is 34.1 Å². The number of ether oxygens (including phenoxy) is 2. The lowest BCUT2D eigenvalue weighted by Gasteiger charge is -2.34. The fraction of sp³-hybridized carbons (Fsp3) is 0.444. The highest BCUT2D eigenvalue weighted by molar-refractivity contribution is 5.89. The number of carbonyl (C=O) groups excluding carboxylic acids is 2. The standard InChI is InChI=1S/C18H23NO5/c1-5-22-15(20)12-18(4)13(3)16(17(21)23-6-2)24-19(18)14-10-8-7-9-11-14/h7-11H,5-6,12H2,1-4H3. The average Bonchev–Trinajstić information content (AvgIpc) is 2.80. The summed E-state index contributed by atoms with van der Waals surface area (Å²) in [6.07, 6.45) is 0.0600. The van der Waals surface area contributed by atoms with Gasteiger partial charge in [0.05, 0.1) is 25.3 Å². The van der Waals surface area contributed by atoms with Crippen LogP contribution in [0.2, 0.25) is 0 Å². The molecule has 2 rings (SSSR count). The van der Waals surface area contributed by atoms with E-state index in [1.807, 2.05) is 37.3 Å². The first kappa shape index (κ1) is 17.8. The van der Waals surface area contributed by atoms with E-state index in [0.29, 0.717) is 12.2 Å². The van der Waals surface area contributed by atoms with Crippen molar-refractivity contribution in [1.82, 2.24) is 0 Å². The van der Waals surface area contributed by atoms with E-state index in [2.05, 4.69) is 0 Å².